The van der Waals surface area contributed by atoms with Crippen LogP contribution < -0.4 is 14.6 Å². The van der Waals surface area contributed by atoms with Crippen molar-refractivity contribution in [1.82, 2.24) is 24.4 Å². The van der Waals surface area contributed by atoms with Gasteiger partial charge in [-0.3, -0.25) is 9.35 Å². The molecule has 2 atom stereocenters. The van der Waals surface area contributed by atoms with Crippen molar-refractivity contribution < 1.29 is 31.7 Å². The molecule has 16 heteroatoms. The summed E-state index contributed by atoms with van der Waals surface area (Å²) in [5.41, 5.74) is 0.126. The number of carboxylic acids is 1. The number of pyridine rings is 3. The number of nitrogens with one attached hydrogen (secondary N) is 1. The second kappa shape index (κ2) is 9.92. The number of aromatic nitrogens is 4. The Kier molecular flexibility index (Phi) is 6.41. The predicted molar refractivity (Wildman–Crippen MR) is 163 cm³/mol. The van der Waals surface area contributed by atoms with Crippen molar-refractivity contribution in [2.24, 2.45) is 13.0 Å². The van der Waals surface area contributed by atoms with Gasteiger partial charge in [-0.25, -0.2) is 27.8 Å². The number of H-pyrrole nitrogens is 1. The molecule has 234 valence electrons. The van der Waals surface area contributed by atoms with Crippen LogP contribution in [0.25, 0.3) is 44.1 Å². The highest BCUT2D eigenvalue weighted by Crippen LogP contribution is 2.47. The third-order valence-corrected chi connectivity index (χ3v) is 9.89. The van der Waals surface area contributed by atoms with E-state index >= 15 is 8.78 Å². The van der Waals surface area contributed by atoms with Gasteiger partial charge in [0.25, 0.3) is 0 Å². The summed E-state index contributed by atoms with van der Waals surface area (Å²) in [5, 5.41) is 9.59. The minimum absolute atomic E-state index is 0.000724. The van der Waals surface area contributed by atoms with Crippen LogP contribution in [0.15, 0.2) is 35.5 Å². The SMILES string of the molecule is CN1CC2CCN(c3c(-c4cnc5c(c4)c(=O)c(C(=O)O)cn5C)cnc4[nH]c5c(N(C)S(=O)(=O)O)cc(F)c(F)c5c34)C2C1. The quantitative estimate of drug-likeness (QED) is 0.244. The monoisotopic (exact) mass is 639 g/mol. The first kappa shape index (κ1) is 29.1. The number of anilines is 2. The summed E-state index contributed by atoms with van der Waals surface area (Å²) in [6.07, 6.45) is 5.04. The molecule has 2 aliphatic rings. The highest BCUT2D eigenvalue weighted by Gasteiger charge is 2.42. The van der Waals surface area contributed by atoms with Gasteiger partial charge in [-0.2, -0.15) is 8.42 Å². The lowest BCUT2D eigenvalue weighted by Crippen LogP contribution is -2.35. The molecule has 6 heterocycles. The Labute approximate surface area is 254 Å². The van der Waals surface area contributed by atoms with Gasteiger partial charge in [-0.05, 0) is 25.5 Å². The molecule has 2 saturated heterocycles. The number of aromatic carboxylic acids is 1. The summed E-state index contributed by atoms with van der Waals surface area (Å²) in [7, 11) is -0.253. The lowest BCUT2D eigenvalue weighted by molar-refractivity contribution is 0.0695. The zero-order chi connectivity index (χ0) is 32.1. The zero-order valence-electron chi connectivity index (χ0n) is 24.2. The van der Waals surface area contributed by atoms with Crippen LogP contribution in [-0.4, -0.2) is 88.2 Å². The number of halogens is 2. The van der Waals surface area contributed by atoms with Crippen molar-refractivity contribution >= 4 is 60.6 Å². The van der Waals surface area contributed by atoms with Gasteiger partial charge < -0.3 is 24.5 Å². The van der Waals surface area contributed by atoms with Gasteiger partial charge in [0.05, 0.1) is 33.1 Å². The van der Waals surface area contributed by atoms with Gasteiger partial charge in [0, 0.05) is 75.6 Å². The van der Waals surface area contributed by atoms with Crippen molar-refractivity contribution in [1.29, 1.82) is 0 Å². The van der Waals surface area contributed by atoms with E-state index in [4.69, 9.17) is 0 Å². The van der Waals surface area contributed by atoms with Crippen molar-refractivity contribution in [3.8, 4) is 11.1 Å². The molecule has 5 aromatic rings. The molecule has 7 rings (SSSR count). The molecule has 0 radical (unpaired) electrons. The van der Waals surface area contributed by atoms with E-state index in [2.05, 4.69) is 24.8 Å². The van der Waals surface area contributed by atoms with Crippen LogP contribution in [0.2, 0.25) is 0 Å². The van der Waals surface area contributed by atoms with Gasteiger partial charge in [-0.1, -0.05) is 0 Å². The van der Waals surface area contributed by atoms with E-state index in [0.717, 1.165) is 20.0 Å². The van der Waals surface area contributed by atoms with E-state index in [-0.39, 0.29) is 44.7 Å². The normalized spacial score (nSPS) is 18.8. The average Bonchev–Trinajstić information content (AvgIpc) is 3.67. The molecule has 2 fully saturated rings. The molecule has 0 saturated carbocycles. The van der Waals surface area contributed by atoms with Crippen LogP contribution in [0.4, 0.5) is 20.2 Å². The number of hydrogen-bond donors (Lipinski definition) is 3. The third-order valence-electron chi connectivity index (χ3n) is 9.00. The summed E-state index contributed by atoms with van der Waals surface area (Å²) < 4.78 is 66.7. The number of benzene rings is 1. The summed E-state index contributed by atoms with van der Waals surface area (Å²) in [6.45, 7) is 2.11. The first-order valence-corrected chi connectivity index (χ1v) is 15.4. The Morgan fingerprint density at radius 1 is 1.13 bits per heavy atom. The van der Waals surface area contributed by atoms with Crippen molar-refractivity contribution in [3.05, 3.63) is 58.1 Å². The Morgan fingerprint density at radius 2 is 1.89 bits per heavy atom. The fourth-order valence-corrected chi connectivity index (χ4v) is 7.31. The van der Waals surface area contributed by atoms with Crippen molar-refractivity contribution in [2.45, 2.75) is 12.5 Å². The van der Waals surface area contributed by atoms with Crippen LogP contribution in [0.3, 0.4) is 0 Å². The van der Waals surface area contributed by atoms with E-state index in [1.54, 1.807) is 7.05 Å². The van der Waals surface area contributed by atoms with Gasteiger partial charge in [0.1, 0.15) is 16.9 Å². The maximum atomic E-state index is 15.9. The van der Waals surface area contributed by atoms with Gasteiger partial charge in [-0.15, -0.1) is 0 Å². The summed E-state index contributed by atoms with van der Waals surface area (Å²) in [4.78, 5) is 41.2. The second-order valence-electron chi connectivity index (χ2n) is 11.7. The molecular formula is C29H27F2N7O6S. The second-order valence-corrected chi connectivity index (χ2v) is 13.1. The van der Waals surface area contributed by atoms with Gasteiger partial charge in [0.2, 0.25) is 5.43 Å². The lowest BCUT2D eigenvalue weighted by Gasteiger charge is -2.29. The molecular weight excluding hydrogens is 612 g/mol. The highest BCUT2D eigenvalue weighted by atomic mass is 32.2. The predicted octanol–water partition coefficient (Wildman–Crippen LogP) is 2.99. The fourth-order valence-electron chi connectivity index (χ4n) is 6.92. The van der Waals surface area contributed by atoms with Crippen LogP contribution in [-0.2, 0) is 17.4 Å². The topological polar surface area (TPSA) is 165 Å². The number of carbonyl (C=O) groups is 1. The standard InChI is InChI=1S/C29H27F2N7O6S/c1-35-10-13-4-5-38(20(13)12-35)25-16(14-6-15-26(39)17(29(40)41)11-36(2)28(15)33-8-14)9-32-27-22(25)21-23(31)18(30)7-19(24(21)34-27)37(3)45(42,43)44/h6-9,11,13,20H,4-5,10,12H2,1-3H3,(H,32,34)(H,40,41)(H,42,43,44). The number of likely N-dealkylation sites (N-methyl/N-ethyl adjacent to an activating group) is 1. The molecule has 2 unspecified atom stereocenters. The zero-order valence-corrected chi connectivity index (χ0v) is 25.1. The molecule has 4 aromatic heterocycles. The lowest BCUT2D eigenvalue weighted by atomic mass is 9.99. The van der Waals surface area contributed by atoms with Crippen LogP contribution in [0, 0.1) is 17.6 Å². The Hall–Kier alpha value is -4.67. The van der Waals surface area contributed by atoms with E-state index in [0.29, 0.717) is 46.2 Å². The van der Waals surface area contributed by atoms with Crippen molar-refractivity contribution in [3.63, 3.8) is 0 Å². The number of aryl methyl sites for hydroxylation is 1. The van der Waals surface area contributed by atoms with E-state index in [1.165, 1.54) is 29.2 Å². The first-order valence-electron chi connectivity index (χ1n) is 14.0. The molecule has 0 aliphatic carbocycles. The molecule has 0 spiro atoms. The highest BCUT2D eigenvalue weighted by molar-refractivity contribution is 7.87. The molecule has 0 amide bonds. The number of nitrogens with zero attached hydrogens (tertiary/aromatic N) is 6. The Bertz CT molecular complexity index is 2270. The maximum absolute atomic E-state index is 15.9. The Balaban J connectivity index is 1.58. The molecule has 2 aliphatic heterocycles. The van der Waals surface area contributed by atoms with Crippen LogP contribution >= 0.6 is 0 Å². The fraction of sp³-hybridized carbons (Fsp3) is 0.310. The summed E-state index contributed by atoms with van der Waals surface area (Å²) in [6, 6.07) is 2.20. The van der Waals surface area contributed by atoms with Crippen LogP contribution in [0.1, 0.15) is 16.8 Å². The van der Waals surface area contributed by atoms with E-state index < -0.39 is 38.9 Å². The molecule has 0 bridgehead atoms. The van der Waals surface area contributed by atoms with E-state index in [1.807, 2.05) is 7.05 Å². The Morgan fingerprint density at radius 3 is 2.60 bits per heavy atom. The summed E-state index contributed by atoms with van der Waals surface area (Å²) >= 11 is 0. The maximum Gasteiger partial charge on any atom is 0.359 e. The summed E-state index contributed by atoms with van der Waals surface area (Å²) in [5.74, 6) is -3.66. The van der Waals surface area contributed by atoms with Crippen molar-refractivity contribution in [2.75, 3.05) is 42.9 Å². The largest absolute Gasteiger partial charge is 0.477 e. The minimum atomic E-state index is -4.84. The molecule has 13 nitrogen and oxygen atoms in total. The number of fused-ring (bicyclic) bond motifs is 5. The number of rotatable bonds is 5. The number of carboxylic acid groups (broad SMARTS) is 1. The van der Waals surface area contributed by atoms with Crippen LogP contribution in [0.5, 0.6) is 0 Å². The molecule has 3 N–H and O–H groups in total. The number of aromatic amines is 1. The number of likely N-dealkylation sites (tertiary alicyclic amines) is 1. The van der Waals surface area contributed by atoms with E-state index in [9.17, 15) is 27.7 Å². The third kappa shape index (κ3) is 4.34. The average molecular weight is 640 g/mol. The number of hydrogen-bond acceptors (Lipinski definition) is 8. The van der Waals surface area contributed by atoms with Gasteiger partial charge >= 0.3 is 16.3 Å². The smallest absolute Gasteiger partial charge is 0.359 e. The molecule has 45 heavy (non-hydrogen) atoms. The first-order chi connectivity index (χ1) is 21.3. The molecule has 1 aromatic carbocycles. The minimum Gasteiger partial charge on any atom is -0.477 e. The van der Waals surface area contributed by atoms with Gasteiger partial charge in [0.15, 0.2) is 11.6 Å².